The molecule has 0 unspecified atom stereocenters. The van der Waals surface area contributed by atoms with Crippen molar-refractivity contribution in [2.75, 3.05) is 18.0 Å². The molecule has 0 radical (unpaired) electrons. The second-order valence-electron chi connectivity index (χ2n) is 8.06. The monoisotopic (exact) mass is 625 g/mol. The van der Waals surface area contributed by atoms with Crippen molar-refractivity contribution < 1.29 is 0 Å². The molecule has 34 heavy (non-hydrogen) atoms. The molecule has 172 valence electrons. The second-order valence-corrected chi connectivity index (χ2v) is 10.3. The average molecular weight is 626 g/mol. The van der Waals surface area contributed by atoms with Gasteiger partial charge in [-0.05, 0) is 83.3 Å². The van der Waals surface area contributed by atoms with Crippen molar-refractivity contribution in [2.24, 2.45) is 0 Å². The molecule has 7 heteroatoms. The van der Waals surface area contributed by atoms with Crippen molar-refractivity contribution in [3.8, 4) is 6.07 Å². The quantitative estimate of drug-likeness (QED) is 0.264. The summed E-state index contributed by atoms with van der Waals surface area (Å²) in [5.74, 6) is 0.739. The molecule has 2 aromatic carbocycles. The molecule has 1 aliphatic rings. The smallest absolute Gasteiger partial charge is 0.225 e. The molecular weight excluding hydrogens is 601 g/mol. The van der Waals surface area contributed by atoms with E-state index in [4.69, 9.17) is 5.26 Å². The maximum absolute atomic E-state index is 9.12. The van der Waals surface area contributed by atoms with E-state index in [0.717, 1.165) is 49.3 Å². The third kappa shape index (κ3) is 6.67. The van der Waals surface area contributed by atoms with Gasteiger partial charge in [-0.3, -0.25) is 0 Å². The van der Waals surface area contributed by atoms with E-state index < -0.39 is 0 Å². The Balaban J connectivity index is 1.57. The SMILES string of the molecule is N#Cc1ccc(CN2C=CCCC(I)=C2CN(CCc2ccc(Br)cc2)c2ncccn2)cc1. The number of nitrogens with zero attached hydrogens (tertiary/aromatic N) is 5. The molecule has 0 atom stereocenters. The van der Waals surface area contributed by atoms with Crippen LogP contribution in [0.2, 0.25) is 0 Å². The summed E-state index contributed by atoms with van der Waals surface area (Å²) >= 11 is 6.01. The van der Waals surface area contributed by atoms with Gasteiger partial charge in [-0.25, -0.2) is 9.97 Å². The van der Waals surface area contributed by atoms with Gasteiger partial charge in [0, 0.05) is 45.4 Å². The normalized spacial score (nSPS) is 13.5. The van der Waals surface area contributed by atoms with E-state index in [9.17, 15) is 0 Å². The number of halogens is 2. The van der Waals surface area contributed by atoms with Crippen molar-refractivity contribution in [1.29, 1.82) is 5.26 Å². The van der Waals surface area contributed by atoms with Crippen LogP contribution in [0.1, 0.15) is 29.5 Å². The van der Waals surface area contributed by atoms with Crippen molar-refractivity contribution in [3.63, 3.8) is 0 Å². The fourth-order valence-corrected chi connectivity index (χ4v) is 4.86. The summed E-state index contributed by atoms with van der Waals surface area (Å²) in [6.45, 7) is 2.28. The second kappa shape index (κ2) is 12.1. The van der Waals surface area contributed by atoms with E-state index in [1.807, 2.05) is 30.3 Å². The molecular formula is C27H25BrIN5. The Labute approximate surface area is 223 Å². The summed E-state index contributed by atoms with van der Waals surface area (Å²) in [6.07, 6.45) is 11.0. The minimum atomic E-state index is 0.681. The molecule has 0 saturated heterocycles. The maximum atomic E-state index is 9.12. The maximum Gasteiger partial charge on any atom is 0.225 e. The summed E-state index contributed by atoms with van der Waals surface area (Å²) < 4.78 is 2.43. The van der Waals surface area contributed by atoms with Gasteiger partial charge < -0.3 is 9.80 Å². The van der Waals surface area contributed by atoms with E-state index in [0.29, 0.717) is 5.56 Å². The van der Waals surface area contributed by atoms with Crippen LogP contribution in [0.4, 0.5) is 5.95 Å². The number of aromatic nitrogens is 2. The number of hydrogen-bond acceptors (Lipinski definition) is 5. The molecule has 0 saturated carbocycles. The Morgan fingerprint density at radius 1 is 1.03 bits per heavy atom. The molecule has 0 spiro atoms. The first-order valence-electron chi connectivity index (χ1n) is 11.2. The number of rotatable bonds is 8. The predicted octanol–water partition coefficient (Wildman–Crippen LogP) is 6.62. The van der Waals surface area contributed by atoms with Gasteiger partial charge in [0.05, 0.1) is 18.2 Å². The summed E-state index contributed by atoms with van der Waals surface area (Å²) in [5.41, 5.74) is 4.40. The standard InChI is InChI=1S/C27H25BrIN5/c28-24-11-9-21(10-12-24)13-17-34(27-31-14-3-15-32-27)20-26-25(29)4-1-2-16-33(26)19-23-7-5-22(18-30)6-8-23/h2-3,5-12,14-16H,1,4,13,17,19-20H2. The van der Waals surface area contributed by atoms with Gasteiger partial charge in [0.25, 0.3) is 0 Å². The van der Waals surface area contributed by atoms with Crippen LogP contribution in [-0.4, -0.2) is 28.0 Å². The fourth-order valence-electron chi connectivity index (χ4n) is 3.81. The van der Waals surface area contributed by atoms with E-state index in [2.05, 4.69) is 101 Å². The average Bonchev–Trinajstić information content (AvgIpc) is 3.04. The van der Waals surface area contributed by atoms with E-state index in [1.165, 1.54) is 20.4 Å². The van der Waals surface area contributed by atoms with Crippen molar-refractivity contribution in [1.82, 2.24) is 14.9 Å². The van der Waals surface area contributed by atoms with Crippen molar-refractivity contribution in [3.05, 3.63) is 110 Å². The zero-order chi connectivity index (χ0) is 23.8. The Bertz CT molecular complexity index is 1180. The summed E-state index contributed by atoms with van der Waals surface area (Å²) in [7, 11) is 0. The van der Waals surface area contributed by atoms with E-state index >= 15 is 0 Å². The van der Waals surface area contributed by atoms with Crippen LogP contribution >= 0.6 is 38.5 Å². The van der Waals surface area contributed by atoms with Crippen LogP contribution in [0.25, 0.3) is 0 Å². The van der Waals surface area contributed by atoms with Gasteiger partial charge in [0.2, 0.25) is 5.95 Å². The Morgan fingerprint density at radius 3 is 2.44 bits per heavy atom. The van der Waals surface area contributed by atoms with Crippen molar-refractivity contribution >= 4 is 44.5 Å². The molecule has 0 bridgehead atoms. The van der Waals surface area contributed by atoms with E-state index in [-0.39, 0.29) is 0 Å². The van der Waals surface area contributed by atoms with Crippen LogP contribution in [0.5, 0.6) is 0 Å². The lowest BCUT2D eigenvalue weighted by molar-refractivity contribution is 0.445. The lowest BCUT2D eigenvalue weighted by Crippen LogP contribution is -2.34. The molecule has 0 fully saturated rings. The minimum absolute atomic E-state index is 0.681. The number of anilines is 1. The largest absolute Gasteiger partial charge is 0.345 e. The molecule has 1 aliphatic heterocycles. The first kappa shape index (κ1) is 24.4. The highest BCUT2D eigenvalue weighted by molar-refractivity contribution is 14.1. The Morgan fingerprint density at radius 2 is 1.74 bits per heavy atom. The van der Waals surface area contributed by atoms with Gasteiger partial charge in [-0.1, -0.05) is 46.3 Å². The highest BCUT2D eigenvalue weighted by Crippen LogP contribution is 2.28. The lowest BCUT2D eigenvalue weighted by Gasteiger charge is -2.30. The number of nitriles is 1. The summed E-state index contributed by atoms with van der Waals surface area (Å²) in [4.78, 5) is 13.7. The van der Waals surface area contributed by atoms with Gasteiger partial charge in [-0.15, -0.1) is 0 Å². The topological polar surface area (TPSA) is 56.1 Å². The van der Waals surface area contributed by atoms with Gasteiger partial charge in [-0.2, -0.15) is 5.26 Å². The number of allylic oxidation sites excluding steroid dienone is 2. The Kier molecular flexibility index (Phi) is 8.72. The zero-order valence-electron chi connectivity index (χ0n) is 18.7. The summed E-state index contributed by atoms with van der Waals surface area (Å²) in [5, 5.41) is 9.12. The van der Waals surface area contributed by atoms with E-state index in [1.54, 1.807) is 12.4 Å². The molecule has 5 nitrogen and oxygen atoms in total. The molecule has 0 amide bonds. The van der Waals surface area contributed by atoms with Crippen LogP contribution in [0, 0.1) is 11.3 Å². The van der Waals surface area contributed by atoms with Crippen LogP contribution in [-0.2, 0) is 13.0 Å². The predicted molar refractivity (Wildman–Crippen MR) is 148 cm³/mol. The molecule has 2 heterocycles. The van der Waals surface area contributed by atoms with Crippen molar-refractivity contribution in [2.45, 2.75) is 25.8 Å². The summed E-state index contributed by atoms with van der Waals surface area (Å²) in [6, 6.07) is 20.4. The van der Waals surface area contributed by atoms with Crippen LogP contribution in [0.15, 0.2) is 93.0 Å². The molecule has 0 aliphatic carbocycles. The van der Waals surface area contributed by atoms with Gasteiger partial charge in [0.15, 0.2) is 0 Å². The fraction of sp³-hybridized carbons (Fsp3) is 0.222. The number of hydrogen-bond donors (Lipinski definition) is 0. The highest BCUT2D eigenvalue weighted by atomic mass is 127. The third-order valence-corrected chi connectivity index (χ3v) is 7.36. The third-order valence-electron chi connectivity index (χ3n) is 5.67. The molecule has 4 rings (SSSR count). The number of benzene rings is 2. The minimum Gasteiger partial charge on any atom is -0.345 e. The highest BCUT2D eigenvalue weighted by Gasteiger charge is 2.20. The Hall–Kier alpha value is -2.70. The van der Waals surface area contributed by atoms with Gasteiger partial charge >= 0.3 is 0 Å². The first-order valence-corrected chi connectivity index (χ1v) is 13.1. The lowest BCUT2D eigenvalue weighted by atomic mass is 10.1. The van der Waals surface area contributed by atoms with Crippen LogP contribution in [0.3, 0.4) is 0 Å². The van der Waals surface area contributed by atoms with Crippen LogP contribution < -0.4 is 4.90 Å². The molecule has 3 aromatic rings. The molecule has 0 N–H and O–H groups in total. The van der Waals surface area contributed by atoms with Gasteiger partial charge in [0.1, 0.15) is 0 Å². The molecule has 1 aromatic heterocycles. The zero-order valence-corrected chi connectivity index (χ0v) is 22.5. The first-order chi connectivity index (χ1) is 16.6.